The average Bonchev–Trinajstić information content (AvgIpc) is 0.697. The number of ether oxygens (including phenoxy) is 14. The Labute approximate surface area is 816 Å². The Balaban J connectivity index is 0.000000153. The van der Waals surface area contributed by atoms with Crippen LogP contribution in [-0.4, -0.2) is 185 Å². The van der Waals surface area contributed by atoms with Crippen LogP contribution in [0.25, 0.3) is 10.4 Å². The summed E-state index contributed by atoms with van der Waals surface area (Å²) in [4.78, 5) is 115. The Morgan fingerprint density at radius 2 is 0.720 bits per heavy atom. The first-order chi connectivity index (χ1) is 63.1. The number of aromatic nitrogens is 6. The molecule has 3 N–H and O–H groups in total. The number of hydrogen-bond donors (Lipinski definition) is 2. The molecule has 132 heavy (non-hydrogen) atoms. The fourth-order valence-electron chi connectivity index (χ4n) is 22.4. The summed E-state index contributed by atoms with van der Waals surface area (Å²) in [5.74, 6) is 2.72. The van der Waals surface area contributed by atoms with Gasteiger partial charge in [-0.2, -0.15) is 0 Å². The van der Waals surface area contributed by atoms with Gasteiger partial charge >= 0.3 is 0 Å². The molecule has 0 saturated heterocycles. The van der Waals surface area contributed by atoms with Gasteiger partial charge in [-0.15, -0.1) is 0 Å². The van der Waals surface area contributed by atoms with Gasteiger partial charge in [0.2, 0.25) is 32.6 Å². The van der Waals surface area contributed by atoms with E-state index in [0.717, 1.165) is 115 Å². The van der Waals surface area contributed by atoms with E-state index in [1.165, 1.54) is 96.8 Å². The number of hydrogen-bond acceptors (Lipinski definition) is 26. The van der Waals surface area contributed by atoms with Crippen LogP contribution in [0, 0.1) is 34.5 Å². The number of aliphatic hydroxyl groups is 1. The predicted octanol–water partition coefficient (Wildman–Crippen LogP) is 15.0. The maximum atomic E-state index is 13.0. The minimum absolute atomic E-state index is 0.0137. The van der Waals surface area contributed by atoms with E-state index in [4.69, 9.17) is 77.6 Å². The van der Waals surface area contributed by atoms with E-state index in [9.17, 15) is 48.3 Å². The number of nitrogens with zero attached hydrogens (tertiary/aromatic N) is 9. The number of ketones is 3. The van der Waals surface area contributed by atoms with Crippen molar-refractivity contribution in [1.29, 1.82) is 0 Å². The topological polar surface area (TPSA) is 407 Å². The second-order valence-corrected chi connectivity index (χ2v) is 40.5. The van der Waals surface area contributed by atoms with Gasteiger partial charge in [-0.1, -0.05) is 70.3 Å². The van der Waals surface area contributed by atoms with Crippen molar-refractivity contribution in [3.05, 3.63) is 170 Å². The quantitative estimate of drug-likeness (QED) is 0.0292. The zero-order valence-electron chi connectivity index (χ0n) is 77.7. The molecule has 0 amide bonds. The summed E-state index contributed by atoms with van der Waals surface area (Å²) in [6.45, 7) is 8.21. The fourth-order valence-corrected chi connectivity index (χ4v) is 24.9. The van der Waals surface area contributed by atoms with Crippen LogP contribution in [0.15, 0.2) is 97.9 Å². The molecule has 16 rings (SSSR count). The SMILES string of the molecule is COc1c2n(cc(Br)c1=O)CC(=O)C(CCCN)(OC)C2OC.COc1c2n(cc(Br)c1=O)CC(=O)C(CCCN=[N+]=[N-])(OC)C2OC.COc1c2n(cc(Br)c1=O)CC1CCCCC1(OC)C2OC.COc1c2n(cc(Br)c1=O)CC1CCCCC1(OC)C2OC.COc1c2n(cc(Br)c1=O)CC1CCCC[C@]1(C)C2O.COc1c2n(cc(Br)c1=O)C[C@@H]1CCCC[C@]1(C)C2=O. The number of pyridine rings is 6. The molecule has 0 radical (unpaired) electrons. The Morgan fingerprint density at radius 1 is 0.402 bits per heavy atom. The van der Waals surface area contributed by atoms with Gasteiger partial charge in [-0.05, 0) is 197 Å². The minimum Gasteiger partial charge on any atom is -0.491 e. The molecular weight excluding hydrogens is 2110 g/mol. The number of rotatable bonds is 21. The van der Waals surface area contributed by atoms with Crippen molar-refractivity contribution in [3.63, 3.8) is 0 Å². The molecule has 4 saturated carbocycles. The van der Waals surface area contributed by atoms with E-state index in [1.54, 1.807) is 62.4 Å². The van der Waals surface area contributed by atoms with Crippen LogP contribution in [0.3, 0.4) is 0 Å². The third-order valence-corrected chi connectivity index (χ3v) is 32.6. The van der Waals surface area contributed by atoms with Crippen LogP contribution in [0.1, 0.15) is 212 Å². The van der Waals surface area contributed by atoms with Crippen LogP contribution >= 0.6 is 95.6 Å². The van der Waals surface area contributed by atoms with Crippen molar-refractivity contribution in [2.45, 2.75) is 234 Å². The number of carbonyl (C=O) groups is 3. The van der Waals surface area contributed by atoms with Crippen LogP contribution in [0.4, 0.5) is 0 Å². The molecule has 4 fully saturated rings. The van der Waals surface area contributed by atoms with Crippen molar-refractivity contribution >= 4 is 113 Å². The van der Waals surface area contributed by atoms with Gasteiger partial charge < -0.3 is 105 Å². The van der Waals surface area contributed by atoms with E-state index in [0.29, 0.717) is 111 Å². The first-order valence-corrected chi connectivity index (χ1v) is 49.0. The molecule has 12 heterocycles. The van der Waals surface area contributed by atoms with Crippen LogP contribution in [0.2, 0.25) is 0 Å². The van der Waals surface area contributed by atoms with Crippen molar-refractivity contribution in [1.82, 2.24) is 27.4 Å². The zero-order valence-corrected chi connectivity index (χ0v) is 87.2. The van der Waals surface area contributed by atoms with Crippen LogP contribution in [0.5, 0.6) is 34.5 Å². The number of methoxy groups -OCH3 is 14. The third-order valence-electron chi connectivity index (χ3n) is 29.2. The Hall–Kier alpha value is -6.70. The van der Waals surface area contributed by atoms with E-state index in [2.05, 4.69) is 129 Å². The predicted molar refractivity (Wildman–Crippen MR) is 513 cm³/mol. The van der Waals surface area contributed by atoms with Crippen LogP contribution in [-0.2, 0) is 86.8 Å². The first kappa shape index (κ1) is 106. The van der Waals surface area contributed by atoms with Crippen LogP contribution < -0.4 is 66.7 Å². The maximum Gasteiger partial charge on any atom is 0.238 e. The molecule has 6 aliphatic heterocycles. The summed E-state index contributed by atoms with van der Waals surface area (Å²) in [6.07, 6.45) is 26.8. The first-order valence-electron chi connectivity index (χ1n) is 44.2. The highest BCUT2D eigenvalue weighted by Crippen LogP contribution is 2.58. The zero-order chi connectivity index (χ0) is 96.6. The molecule has 6 aromatic heterocycles. The standard InChI is InChI=1S/2C16H22BrNO4.C15H19BrN4O5.C15H21BrN2O5.C15H20BrNO3.C15H18BrNO3/c2*1-20-14-12-15(21-2)16(22-3)7-5-4-6-10(16)8-18(12)9-11(17)13(14)19;1-23-13-11-14(24-2)15(25-3,5-4-6-18-19-17)10(21)8-20(11)7-9(16)12(13)22;1-21-13-11-14(22-2)15(23-3,5-4-6-17)10(19)8-18(11)7-9(16)12(13)20;2*1-15-6-4-3-5-9(15)7-17-8-10(16)12(18)13(20-2)11(17)14(15)19/h2*9-10,15H,4-8H2,1-3H3;7,14H,4-6,8H2,1-3H3;7,14H,4-6,8,17H2,1-3H3;8-9,14,19H,3-7H2,1-2H3;8-9H,3-7H2,1-2H3/t;;;;9?,14?,15-;9-,15-/m....00/s1. The average molecular weight is 2230 g/mol. The summed E-state index contributed by atoms with van der Waals surface area (Å²) in [7, 11) is 21.5. The largest absolute Gasteiger partial charge is 0.491 e. The summed E-state index contributed by atoms with van der Waals surface area (Å²) >= 11 is 19.6. The molecule has 0 aromatic carbocycles. The minimum atomic E-state index is -1.28. The number of nitrogens with two attached hydrogens (primary N) is 1. The third kappa shape index (κ3) is 19.3. The summed E-state index contributed by atoms with van der Waals surface area (Å²) in [5, 5.41) is 14.4. The molecule has 12 unspecified atom stereocenters. The summed E-state index contributed by atoms with van der Waals surface area (Å²) in [5.41, 5.74) is 12.6. The summed E-state index contributed by atoms with van der Waals surface area (Å²) in [6, 6.07) is 0. The number of carbonyl (C=O) groups excluding carboxylic acids is 3. The Bertz CT molecular complexity index is 5570. The highest BCUT2D eigenvalue weighted by Gasteiger charge is 2.59. The molecule has 0 spiro atoms. The van der Waals surface area contributed by atoms with E-state index >= 15 is 0 Å². The lowest BCUT2D eigenvalue weighted by atomic mass is 9.62. The van der Waals surface area contributed by atoms with Gasteiger partial charge in [-0.3, -0.25) is 43.2 Å². The second kappa shape index (κ2) is 44.8. The van der Waals surface area contributed by atoms with Gasteiger partial charge in [0.05, 0.1) is 111 Å². The monoisotopic (exact) mass is 2220 g/mol. The lowest BCUT2D eigenvalue weighted by Gasteiger charge is -2.51. The number of halogens is 6. The van der Waals surface area contributed by atoms with Gasteiger partial charge in [-0.25, -0.2) is 0 Å². The lowest BCUT2D eigenvalue weighted by Crippen LogP contribution is -2.54. The molecule has 15 atom stereocenters. The number of Topliss-reactive ketones (excluding diaryl/α,β-unsaturated/α-hetero) is 3. The lowest BCUT2D eigenvalue weighted by molar-refractivity contribution is -0.186. The molecule has 4 aliphatic carbocycles. The van der Waals surface area contributed by atoms with E-state index in [1.807, 2.05) is 21.5 Å². The molecule has 34 nitrogen and oxygen atoms in total. The fraction of sp³-hybridized carbons (Fsp3) is 0.641. The number of azide groups is 1. The number of aliphatic hydroxyl groups excluding tert-OH is 1. The Kier molecular flexibility index (Phi) is 35.9. The van der Waals surface area contributed by atoms with Gasteiger partial charge in [0, 0.05) is 154 Å². The highest BCUT2D eigenvalue weighted by molar-refractivity contribution is 9.11. The number of fused-ring (bicyclic) bond motifs is 10. The molecule has 726 valence electrons. The normalized spacial score (nSPS) is 27.8. The Morgan fingerprint density at radius 3 is 1.09 bits per heavy atom. The van der Waals surface area contributed by atoms with Gasteiger partial charge in [0.15, 0.2) is 63.0 Å². The molecule has 6 aromatic rings. The van der Waals surface area contributed by atoms with Crippen molar-refractivity contribution in [2.24, 2.45) is 45.3 Å². The molecule has 0 bridgehead atoms. The smallest absolute Gasteiger partial charge is 0.238 e. The second-order valence-electron chi connectivity index (χ2n) is 35.4. The van der Waals surface area contributed by atoms with Crippen molar-refractivity contribution < 1.29 is 85.8 Å². The summed E-state index contributed by atoms with van der Waals surface area (Å²) < 4.78 is 92.0. The molecule has 40 heteroatoms. The van der Waals surface area contributed by atoms with Gasteiger partial charge in [0.1, 0.15) is 47.4 Å². The highest BCUT2D eigenvalue weighted by atomic mass is 79.9. The molecular formula is C92H122Br6N10O24. The van der Waals surface area contributed by atoms with E-state index in [-0.39, 0.29) is 133 Å². The van der Waals surface area contributed by atoms with Crippen molar-refractivity contribution in [3.8, 4) is 34.5 Å². The molecule has 10 aliphatic rings. The van der Waals surface area contributed by atoms with Gasteiger partial charge in [0.25, 0.3) is 0 Å². The van der Waals surface area contributed by atoms with Crippen molar-refractivity contribution in [2.75, 3.05) is 113 Å². The maximum absolute atomic E-state index is 13.0. The van der Waals surface area contributed by atoms with E-state index < -0.39 is 29.5 Å².